The molecule has 2 aliphatic carbocycles. The van der Waals surface area contributed by atoms with Gasteiger partial charge in [-0.05, 0) is 123 Å². The molecule has 2 fully saturated rings. The number of amides is 2. The van der Waals surface area contributed by atoms with Crippen molar-refractivity contribution in [2.45, 2.75) is 90.3 Å². The molecule has 10 nitrogen and oxygen atoms in total. The number of carboxylic acid groups (broad SMARTS) is 2. The summed E-state index contributed by atoms with van der Waals surface area (Å²) in [6.07, 6.45) is 9.52. The number of carbonyl (C=O) groups excluding carboxylic acids is 2. The lowest BCUT2D eigenvalue weighted by Crippen LogP contribution is -2.46. The molecule has 11 heteroatoms. The zero-order valence-corrected chi connectivity index (χ0v) is 30.6. The van der Waals surface area contributed by atoms with E-state index in [9.17, 15) is 24.3 Å². The minimum Gasteiger partial charge on any atom is -0.480 e. The van der Waals surface area contributed by atoms with Gasteiger partial charge >= 0.3 is 11.9 Å². The smallest absolute Gasteiger partial charge is 0.335 e. The van der Waals surface area contributed by atoms with Crippen LogP contribution >= 0.6 is 11.3 Å². The first-order valence-electron chi connectivity index (χ1n) is 18.7. The largest absolute Gasteiger partial charge is 0.480 e. The molecule has 1 aliphatic heterocycles. The zero-order valence-electron chi connectivity index (χ0n) is 29.8. The van der Waals surface area contributed by atoms with Crippen molar-refractivity contribution in [3.8, 4) is 0 Å². The molecule has 1 saturated carbocycles. The van der Waals surface area contributed by atoms with Crippen molar-refractivity contribution in [1.29, 1.82) is 0 Å². The van der Waals surface area contributed by atoms with Gasteiger partial charge in [0, 0.05) is 47.8 Å². The highest BCUT2D eigenvalue weighted by Crippen LogP contribution is 2.39. The molecule has 7 rings (SSSR count). The molecule has 1 aromatic heterocycles. The number of piperidine rings is 1. The summed E-state index contributed by atoms with van der Waals surface area (Å²) >= 11 is 1.51. The first kappa shape index (κ1) is 38.9. The molecule has 4 N–H and O–H groups in total. The number of rotatable bonds is 14. The van der Waals surface area contributed by atoms with E-state index in [1.165, 1.54) is 24.2 Å². The number of aryl methyl sites for hydroxylation is 3. The number of anilines is 2. The van der Waals surface area contributed by atoms with Crippen LogP contribution in [0.15, 0.2) is 72.8 Å². The fourth-order valence-corrected chi connectivity index (χ4v) is 8.99. The van der Waals surface area contributed by atoms with Crippen molar-refractivity contribution in [3.05, 3.63) is 117 Å². The number of carbonyl (C=O) groups is 4. The highest BCUT2D eigenvalue weighted by Gasteiger charge is 2.36. The molecule has 2 heterocycles. The van der Waals surface area contributed by atoms with Crippen molar-refractivity contribution < 1.29 is 29.4 Å². The molecule has 284 valence electrons. The fourth-order valence-electron chi connectivity index (χ4n) is 7.71. The van der Waals surface area contributed by atoms with E-state index >= 15 is 0 Å². The summed E-state index contributed by atoms with van der Waals surface area (Å²) in [7, 11) is 0. The molecule has 3 aromatic carbocycles. The Morgan fingerprint density at radius 3 is 2.04 bits per heavy atom. The average molecular weight is 751 g/mol. The van der Waals surface area contributed by atoms with E-state index in [1.54, 1.807) is 12.1 Å². The van der Waals surface area contributed by atoms with Crippen LogP contribution in [-0.2, 0) is 37.0 Å². The van der Waals surface area contributed by atoms with Crippen LogP contribution in [0.25, 0.3) is 0 Å². The molecule has 0 unspecified atom stereocenters. The maximum absolute atomic E-state index is 13.9. The van der Waals surface area contributed by atoms with E-state index in [0.717, 1.165) is 98.1 Å². The summed E-state index contributed by atoms with van der Waals surface area (Å²) < 4.78 is 0. The molecule has 0 bridgehead atoms. The Hall–Kier alpha value is -4.84. The fraction of sp³-hybridized carbons (Fsp3) is 0.395. The summed E-state index contributed by atoms with van der Waals surface area (Å²) in [6.45, 7) is 2.40. The molecule has 54 heavy (non-hydrogen) atoms. The molecule has 0 radical (unpaired) electrons. The number of thiophene rings is 1. The molecule has 4 aromatic rings. The Labute approximate surface area is 321 Å². The van der Waals surface area contributed by atoms with Gasteiger partial charge in [0.1, 0.15) is 5.00 Å². The van der Waals surface area contributed by atoms with Gasteiger partial charge in [0.2, 0.25) is 0 Å². The van der Waals surface area contributed by atoms with Gasteiger partial charge in [0.25, 0.3) is 11.8 Å². The van der Waals surface area contributed by atoms with E-state index in [0.29, 0.717) is 33.9 Å². The summed E-state index contributed by atoms with van der Waals surface area (Å²) in [5, 5.41) is 25.1. The van der Waals surface area contributed by atoms with Crippen molar-refractivity contribution in [2.24, 2.45) is 0 Å². The molecule has 3 aliphatic rings. The Kier molecular flexibility index (Phi) is 12.6. The zero-order chi connectivity index (χ0) is 36.9. The van der Waals surface area contributed by atoms with E-state index in [1.807, 2.05) is 59.5 Å². The number of carboxylic acids is 2. The number of nitrogens with zero attached hydrogens (tertiary/aromatic N) is 2. The SMILES string of the molecule is C.O=C(O)CN1CCC(N(Cc2cccc(C(=O)Nc3sc4c(c3C(=O)Nc3ccc(CCc5ccc(C(=O)O)cc5)cc3)CCCC4)c2)C2CC2)CC1. The van der Waals surface area contributed by atoms with E-state index in [-0.39, 0.29) is 31.3 Å². The van der Waals surface area contributed by atoms with Crippen LogP contribution in [-0.4, -0.2) is 75.5 Å². The van der Waals surface area contributed by atoms with E-state index in [2.05, 4.69) is 21.6 Å². The Morgan fingerprint density at radius 2 is 1.39 bits per heavy atom. The number of aliphatic carboxylic acids is 1. The van der Waals surface area contributed by atoms with Crippen LogP contribution in [0.3, 0.4) is 0 Å². The lowest BCUT2D eigenvalue weighted by Gasteiger charge is -2.38. The van der Waals surface area contributed by atoms with E-state index < -0.39 is 11.9 Å². The lowest BCUT2D eigenvalue weighted by molar-refractivity contribution is -0.138. The third-order valence-corrected chi connectivity index (χ3v) is 11.9. The minimum atomic E-state index is -0.936. The predicted molar refractivity (Wildman–Crippen MR) is 213 cm³/mol. The normalized spacial score (nSPS) is 15.9. The number of fused-ring (bicyclic) bond motifs is 1. The first-order chi connectivity index (χ1) is 25.7. The van der Waals surface area contributed by atoms with Gasteiger partial charge in [-0.2, -0.15) is 0 Å². The highest BCUT2D eigenvalue weighted by atomic mass is 32.1. The van der Waals surface area contributed by atoms with Gasteiger partial charge in [-0.25, -0.2) is 4.79 Å². The van der Waals surface area contributed by atoms with Gasteiger partial charge in [-0.15, -0.1) is 11.3 Å². The number of aromatic carboxylic acids is 1. The van der Waals surface area contributed by atoms with Gasteiger partial charge < -0.3 is 20.8 Å². The minimum absolute atomic E-state index is 0. The number of benzene rings is 3. The van der Waals surface area contributed by atoms with Gasteiger partial charge in [-0.1, -0.05) is 43.8 Å². The van der Waals surface area contributed by atoms with Crippen LogP contribution in [0.4, 0.5) is 10.7 Å². The van der Waals surface area contributed by atoms with Crippen molar-refractivity contribution in [2.75, 3.05) is 30.3 Å². The van der Waals surface area contributed by atoms with Crippen LogP contribution in [0, 0.1) is 0 Å². The summed E-state index contributed by atoms with van der Waals surface area (Å²) in [5.74, 6) is -2.18. The summed E-state index contributed by atoms with van der Waals surface area (Å²) in [6, 6.07) is 23.4. The molecule has 2 amide bonds. The number of likely N-dealkylation sites (tertiary alicyclic amines) is 1. The van der Waals surface area contributed by atoms with Crippen LogP contribution in [0.1, 0.15) is 104 Å². The lowest BCUT2D eigenvalue weighted by atomic mass is 9.95. The number of nitrogens with one attached hydrogen (secondary N) is 2. The van der Waals surface area contributed by atoms with Crippen molar-refractivity contribution in [1.82, 2.24) is 9.80 Å². The van der Waals surface area contributed by atoms with Crippen molar-refractivity contribution >= 4 is 45.8 Å². The van der Waals surface area contributed by atoms with E-state index in [4.69, 9.17) is 5.11 Å². The van der Waals surface area contributed by atoms with Crippen LogP contribution in [0.2, 0.25) is 0 Å². The van der Waals surface area contributed by atoms with Crippen LogP contribution in [0.5, 0.6) is 0 Å². The second-order valence-electron chi connectivity index (χ2n) is 14.5. The van der Waals surface area contributed by atoms with Crippen molar-refractivity contribution in [3.63, 3.8) is 0 Å². The van der Waals surface area contributed by atoms with Gasteiger partial charge in [0.15, 0.2) is 0 Å². The number of hydrogen-bond donors (Lipinski definition) is 4. The summed E-state index contributed by atoms with van der Waals surface area (Å²) in [5.41, 5.74) is 6.33. The molecule has 0 atom stereocenters. The quantitative estimate of drug-likeness (QED) is 0.103. The van der Waals surface area contributed by atoms with Gasteiger partial charge in [0.05, 0.1) is 17.7 Å². The highest BCUT2D eigenvalue weighted by molar-refractivity contribution is 7.17. The monoisotopic (exact) mass is 750 g/mol. The number of hydrogen-bond acceptors (Lipinski definition) is 7. The molecular weight excluding hydrogens is 701 g/mol. The van der Waals surface area contributed by atoms with Crippen LogP contribution < -0.4 is 10.6 Å². The molecule has 1 saturated heterocycles. The average Bonchev–Trinajstić information content (AvgIpc) is 3.94. The Bertz CT molecular complexity index is 1960. The Morgan fingerprint density at radius 1 is 0.741 bits per heavy atom. The standard InChI is InChI=1S/C42H46N4O6S.CH4/c47-37(48)26-45-22-20-34(21-23-45)46(33-18-19-33)25-29-4-3-5-31(24-29)39(49)44-41-38(35-6-1-2-7-36(35)53-41)40(50)43-32-16-12-28(13-17-32)9-8-27-10-14-30(15-11-27)42(51)52;/h3-5,10-17,24,33-34H,1-2,6-9,18-23,25-26H2,(H,43,50)(H,44,49)(H,47,48)(H,51,52);1H4. The maximum atomic E-state index is 13.9. The molecule has 0 spiro atoms. The van der Waals surface area contributed by atoms with Gasteiger partial charge in [-0.3, -0.25) is 24.2 Å². The third kappa shape index (κ3) is 9.63. The maximum Gasteiger partial charge on any atom is 0.335 e. The summed E-state index contributed by atoms with van der Waals surface area (Å²) in [4.78, 5) is 55.7. The predicted octanol–water partition coefficient (Wildman–Crippen LogP) is 7.76. The second-order valence-corrected chi connectivity index (χ2v) is 15.6. The first-order valence-corrected chi connectivity index (χ1v) is 19.5. The second kappa shape index (κ2) is 17.5. The molecular formula is C43H50N4O6S. The third-order valence-electron chi connectivity index (χ3n) is 10.7. The topological polar surface area (TPSA) is 139 Å². The Balaban J connectivity index is 0.00000497.